The molecule has 84 valence electrons. The maximum absolute atomic E-state index is 11.3. The zero-order chi connectivity index (χ0) is 11.1. The molecule has 0 bridgehead atoms. The van der Waals surface area contributed by atoms with Gasteiger partial charge in [0.15, 0.2) is 9.84 Å². The topological polar surface area (TPSA) is 47.0 Å². The van der Waals surface area contributed by atoms with Gasteiger partial charge in [-0.3, -0.25) is 0 Å². The van der Waals surface area contributed by atoms with E-state index in [1.54, 1.807) is 11.3 Å². The van der Waals surface area contributed by atoms with Crippen LogP contribution in [0.3, 0.4) is 0 Å². The molecular formula is C10H15NO2S2. The Hall–Kier alpha value is -0.420. The van der Waals surface area contributed by atoms with Crippen LogP contribution >= 0.6 is 11.3 Å². The normalized spacial score (nSPS) is 24.9. The molecule has 0 aromatic carbocycles. The molecule has 1 atom stereocenters. The molecule has 0 aliphatic carbocycles. The molecule has 2 rings (SSSR count). The van der Waals surface area contributed by atoms with Crippen molar-refractivity contribution >= 4 is 21.2 Å². The number of aromatic nitrogens is 1. The highest BCUT2D eigenvalue weighted by Crippen LogP contribution is 2.32. The van der Waals surface area contributed by atoms with Crippen molar-refractivity contribution in [3.8, 4) is 0 Å². The Bertz CT molecular complexity index is 448. The van der Waals surface area contributed by atoms with Crippen LogP contribution in [0.15, 0.2) is 5.38 Å². The molecule has 1 saturated heterocycles. The molecule has 1 aromatic heterocycles. The van der Waals surface area contributed by atoms with Gasteiger partial charge >= 0.3 is 0 Å². The molecule has 2 heterocycles. The van der Waals surface area contributed by atoms with Gasteiger partial charge in [-0.2, -0.15) is 0 Å². The summed E-state index contributed by atoms with van der Waals surface area (Å²) >= 11 is 1.60. The van der Waals surface area contributed by atoms with Gasteiger partial charge in [-0.25, -0.2) is 13.4 Å². The quantitative estimate of drug-likeness (QED) is 0.802. The summed E-state index contributed by atoms with van der Waals surface area (Å²) in [4.78, 5) is 4.51. The minimum Gasteiger partial charge on any atom is -0.246 e. The van der Waals surface area contributed by atoms with E-state index in [9.17, 15) is 8.42 Å². The summed E-state index contributed by atoms with van der Waals surface area (Å²) in [5.41, 5.74) is 1.08. The highest BCUT2D eigenvalue weighted by atomic mass is 32.2. The summed E-state index contributed by atoms with van der Waals surface area (Å²) < 4.78 is 22.7. The summed E-state index contributed by atoms with van der Waals surface area (Å²) in [5, 5.41) is 3.05. The van der Waals surface area contributed by atoms with E-state index in [1.165, 1.54) is 0 Å². The van der Waals surface area contributed by atoms with Crippen LogP contribution in [-0.2, 0) is 9.84 Å². The van der Waals surface area contributed by atoms with Crippen molar-refractivity contribution in [2.24, 2.45) is 0 Å². The van der Waals surface area contributed by atoms with Gasteiger partial charge in [0, 0.05) is 11.3 Å². The van der Waals surface area contributed by atoms with Gasteiger partial charge in [0.05, 0.1) is 22.2 Å². The van der Waals surface area contributed by atoms with Crippen molar-refractivity contribution in [3.05, 3.63) is 16.1 Å². The second-order valence-electron chi connectivity index (χ2n) is 4.37. The van der Waals surface area contributed by atoms with E-state index < -0.39 is 9.84 Å². The smallest absolute Gasteiger partial charge is 0.151 e. The molecule has 1 aromatic rings. The molecule has 1 aliphatic rings. The zero-order valence-electron chi connectivity index (χ0n) is 8.93. The fraction of sp³-hybridized carbons (Fsp3) is 0.700. The first-order valence-corrected chi connectivity index (χ1v) is 7.84. The van der Waals surface area contributed by atoms with Crippen LogP contribution in [0, 0.1) is 0 Å². The summed E-state index contributed by atoms with van der Waals surface area (Å²) in [6, 6.07) is 0. The van der Waals surface area contributed by atoms with Crippen LogP contribution in [0.2, 0.25) is 0 Å². The van der Waals surface area contributed by atoms with Gasteiger partial charge in [0.1, 0.15) is 0 Å². The fourth-order valence-corrected chi connectivity index (χ4v) is 4.71. The molecule has 1 fully saturated rings. The van der Waals surface area contributed by atoms with E-state index in [0.717, 1.165) is 17.1 Å². The lowest BCUT2D eigenvalue weighted by atomic mass is 10.1. The van der Waals surface area contributed by atoms with Gasteiger partial charge in [-0.15, -0.1) is 11.3 Å². The fourth-order valence-electron chi connectivity index (χ4n) is 1.74. The maximum atomic E-state index is 11.3. The standard InChI is InChI=1S/C10H15NO2S2/c1-7(2)9-5-14-10(11-9)8-3-4-15(12,13)6-8/h5,7-8H,3-4,6H2,1-2H3. The molecule has 1 unspecified atom stereocenters. The number of hydrogen-bond acceptors (Lipinski definition) is 4. The van der Waals surface area contributed by atoms with E-state index in [2.05, 4.69) is 18.8 Å². The Labute approximate surface area is 94.5 Å². The number of hydrogen-bond donors (Lipinski definition) is 0. The van der Waals surface area contributed by atoms with Gasteiger partial charge in [0.2, 0.25) is 0 Å². The van der Waals surface area contributed by atoms with Crippen LogP contribution in [0.25, 0.3) is 0 Å². The molecule has 1 aliphatic heterocycles. The number of nitrogens with zero attached hydrogens (tertiary/aromatic N) is 1. The maximum Gasteiger partial charge on any atom is 0.151 e. The molecule has 5 heteroatoms. The molecule has 3 nitrogen and oxygen atoms in total. The predicted molar refractivity (Wildman–Crippen MR) is 62.2 cm³/mol. The number of rotatable bonds is 2. The minimum absolute atomic E-state index is 0.146. The molecule has 0 amide bonds. The molecule has 0 N–H and O–H groups in total. The first-order valence-electron chi connectivity index (χ1n) is 5.13. The molecular weight excluding hydrogens is 230 g/mol. The van der Waals surface area contributed by atoms with Crippen LogP contribution in [0.1, 0.15) is 42.8 Å². The molecule has 0 radical (unpaired) electrons. The third-order valence-electron chi connectivity index (χ3n) is 2.71. The van der Waals surface area contributed by atoms with E-state index in [1.807, 2.05) is 5.38 Å². The lowest BCUT2D eigenvalue weighted by molar-refractivity contribution is 0.601. The van der Waals surface area contributed by atoms with Gasteiger partial charge in [0.25, 0.3) is 0 Å². The van der Waals surface area contributed by atoms with E-state index in [4.69, 9.17) is 0 Å². The summed E-state index contributed by atoms with van der Waals surface area (Å²) in [7, 11) is -2.79. The lowest BCUT2D eigenvalue weighted by Gasteiger charge is -2.02. The largest absolute Gasteiger partial charge is 0.246 e. The Balaban J connectivity index is 2.17. The Morgan fingerprint density at radius 2 is 2.27 bits per heavy atom. The van der Waals surface area contributed by atoms with Crippen LogP contribution < -0.4 is 0 Å². The van der Waals surface area contributed by atoms with Gasteiger partial charge in [-0.1, -0.05) is 13.8 Å². The van der Waals surface area contributed by atoms with Gasteiger partial charge in [-0.05, 0) is 12.3 Å². The van der Waals surface area contributed by atoms with Crippen molar-refractivity contribution in [2.75, 3.05) is 11.5 Å². The van der Waals surface area contributed by atoms with Crippen molar-refractivity contribution in [3.63, 3.8) is 0 Å². The summed E-state index contributed by atoms with van der Waals surface area (Å²) in [5.74, 6) is 1.19. The predicted octanol–water partition coefficient (Wildman–Crippen LogP) is 2.17. The third kappa shape index (κ3) is 2.39. The van der Waals surface area contributed by atoms with Crippen molar-refractivity contribution in [2.45, 2.75) is 32.1 Å². The lowest BCUT2D eigenvalue weighted by Crippen LogP contribution is -2.03. The average Bonchev–Trinajstić information content (AvgIpc) is 2.70. The Morgan fingerprint density at radius 3 is 2.73 bits per heavy atom. The van der Waals surface area contributed by atoms with Crippen LogP contribution in [0.4, 0.5) is 0 Å². The molecule has 15 heavy (non-hydrogen) atoms. The monoisotopic (exact) mass is 245 g/mol. The minimum atomic E-state index is -2.79. The van der Waals surface area contributed by atoms with Crippen LogP contribution in [0.5, 0.6) is 0 Å². The third-order valence-corrected chi connectivity index (χ3v) is 5.51. The molecule has 0 spiro atoms. The second kappa shape index (κ2) is 3.87. The average molecular weight is 245 g/mol. The Morgan fingerprint density at radius 1 is 1.53 bits per heavy atom. The van der Waals surface area contributed by atoms with Crippen LogP contribution in [-0.4, -0.2) is 24.9 Å². The van der Waals surface area contributed by atoms with Crippen molar-refractivity contribution in [1.82, 2.24) is 4.98 Å². The highest BCUT2D eigenvalue weighted by Gasteiger charge is 2.30. The summed E-state index contributed by atoms with van der Waals surface area (Å²) in [6.07, 6.45) is 0.743. The SMILES string of the molecule is CC(C)c1csc(C2CCS(=O)(=O)C2)n1. The highest BCUT2D eigenvalue weighted by molar-refractivity contribution is 7.91. The van der Waals surface area contributed by atoms with Crippen molar-refractivity contribution in [1.29, 1.82) is 0 Å². The zero-order valence-corrected chi connectivity index (χ0v) is 10.6. The number of sulfone groups is 1. The van der Waals surface area contributed by atoms with Crippen molar-refractivity contribution < 1.29 is 8.42 Å². The van der Waals surface area contributed by atoms with Gasteiger partial charge < -0.3 is 0 Å². The molecule has 0 saturated carbocycles. The first kappa shape index (κ1) is 11.1. The summed E-state index contributed by atoms with van der Waals surface area (Å²) in [6.45, 7) is 4.20. The Kier molecular flexibility index (Phi) is 2.85. The van der Waals surface area contributed by atoms with E-state index in [0.29, 0.717) is 11.7 Å². The first-order chi connectivity index (χ1) is 6.98. The number of thiazole rings is 1. The second-order valence-corrected chi connectivity index (χ2v) is 7.48. The van der Waals surface area contributed by atoms with E-state index in [-0.39, 0.29) is 11.7 Å². The van der Waals surface area contributed by atoms with E-state index >= 15 is 0 Å².